The zero-order valence-corrected chi connectivity index (χ0v) is 8.63. The number of fused-ring (bicyclic) bond motifs is 1. The highest BCUT2D eigenvalue weighted by molar-refractivity contribution is 5.81. The van der Waals surface area contributed by atoms with Crippen LogP contribution in [0.25, 0.3) is 11.0 Å². The molecule has 1 heterocycles. The van der Waals surface area contributed by atoms with Gasteiger partial charge < -0.3 is 14.9 Å². The average Bonchev–Trinajstić information content (AvgIpc) is 2.34. The zero-order chi connectivity index (χ0) is 10.5. The number of nitrogens with zero attached hydrogens (tertiary/aromatic N) is 2. The van der Waals surface area contributed by atoms with Gasteiger partial charge >= 0.3 is 0 Å². The molecule has 0 radical (unpaired) electrons. The molecular formula is C10H14N4. The van der Waals surface area contributed by atoms with Gasteiger partial charge in [0.15, 0.2) is 0 Å². The molecule has 74 valence electrons. The summed E-state index contributed by atoms with van der Waals surface area (Å²) in [6, 6.07) is 3.94. The lowest BCUT2D eigenvalue weighted by molar-refractivity contribution is 0.742. The molecule has 3 N–H and O–H groups in total. The van der Waals surface area contributed by atoms with E-state index in [1.54, 1.807) is 0 Å². The quantitative estimate of drug-likeness (QED) is 0.595. The number of benzene rings is 1. The van der Waals surface area contributed by atoms with Crippen molar-refractivity contribution in [2.75, 3.05) is 5.73 Å². The minimum Gasteiger partial charge on any atom is -0.398 e. The number of imidazole rings is 1. The van der Waals surface area contributed by atoms with Crippen LogP contribution in [-0.4, -0.2) is 9.13 Å². The van der Waals surface area contributed by atoms with Gasteiger partial charge in [-0.25, -0.2) is 0 Å². The van der Waals surface area contributed by atoms with Crippen LogP contribution < -0.4 is 11.4 Å². The van der Waals surface area contributed by atoms with Crippen LogP contribution in [0.3, 0.4) is 0 Å². The van der Waals surface area contributed by atoms with E-state index in [0.717, 1.165) is 22.3 Å². The Hall–Kier alpha value is -1.71. The topological polar surface area (TPSA) is 59.7 Å². The molecule has 0 aliphatic carbocycles. The number of hydrogen-bond donors (Lipinski definition) is 2. The number of hydrogen-bond acceptors (Lipinski definition) is 2. The molecule has 0 unspecified atom stereocenters. The second-order valence-corrected chi connectivity index (χ2v) is 3.64. The Bertz CT molecular complexity index is 511. The summed E-state index contributed by atoms with van der Waals surface area (Å²) >= 11 is 0. The summed E-state index contributed by atoms with van der Waals surface area (Å²) in [6.45, 7) is 1.98. The lowest BCUT2D eigenvalue weighted by atomic mass is 10.2. The van der Waals surface area contributed by atoms with E-state index in [9.17, 15) is 0 Å². The Balaban J connectivity index is 3.04. The number of anilines is 1. The van der Waals surface area contributed by atoms with E-state index in [1.807, 2.05) is 42.3 Å². The highest BCUT2D eigenvalue weighted by Gasteiger charge is 2.06. The van der Waals surface area contributed by atoms with Crippen LogP contribution in [0.1, 0.15) is 5.56 Å². The maximum atomic E-state index is 7.80. The van der Waals surface area contributed by atoms with Crippen LogP contribution >= 0.6 is 0 Å². The fourth-order valence-electron chi connectivity index (χ4n) is 1.69. The third-order valence-electron chi connectivity index (χ3n) is 2.72. The lowest BCUT2D eigenvalue weighted by Crippen LogP contribution is -2.19. The van der Waals surface area contributed by atoms with Crippen molar-refractivity contribution in [2.45, 2.75) is 6.92 Å². The summed E-state index contributed by atoms with van der Waals surface area (Å²) in [5, 5.41) is 7.80. The SMILES string of the molecule is Cc1cc2c(cc1N)n(C)c(=N)n2C. The lowest BCUT2D eigenvalue weighted by Gasteiger charge is -2.01. The molecule has 0 spiro atoms. The molecule has 0 amide bonds. The summed E-state index contributed by atoms with van der Waals surface area (Å²) < 4.78 is 3.67. The maximum Gasteiger partial charge on any atom is 0.202 e. The van der Waals surface area contributed by atoms with Crippen molar-refractivity contribution in [1.82, 2.24) is 9.13 Å². The fourth-order valence-corrected chi connectivity index (χ4v) is 1.69. The minimum atomic E-state index is 0.477. The highest BCUT2D eigenvalue weighted by atomic mass is 15.1. The van der Waals surface area contributed by atoms with E-state index in [0.29, 0.717) is 5.62 Å². The smallest absolute Gasteiger partial charge is 0.202 e. The van der Waals surface area contributed by atoms with Crippen molar-refractivity contribution in [2.24, 2.45) is 14.1 Å². The first kappa shape index (κ1) is 8.87. The second-order valence-electron chi connectivity index (χ2n) is 3.64. The van der Waals surface area contributed by atoms with E-state index < -0.39 is 0 Å². The van der Waals surface area contributed by atoms with Gasteiger partial charge in [-0.3, -0.25) is 5.41 Å². The van der Waals surface area contributed by atoms with Gasteiger partial charge in [-0.05, 0) is 24.6 Å². The van der Waals surface area contributed by atoms with Crippen molar-refractivity contribution in [3.63, 3.8) is 0 Å². The Kier molecular flexibility index (Phi) is 1.67. The second kappa shape index (κ2) is 2.64. The molecule has 0 saturated carbocycles. The van der Waals surface area contributed by atoms with Gasteiger partial charge in [-0.15, -0.1) is 0 Å². The predicted octanol–water partition coefficient (Wildman–Crippen LogP) is 0.887. The normalized spacial score (nSPS) is 11.1. The number of aromatic nitrogens is 2. The Labute approximate surface area is 82.1 Å². The van der Waals surface area contributed by atoms with Gasteiger partial charge in [0.1, 0.15) is 0 Å². The molecule has 1 aromatic heterocycles. The number of aryl methyl sites for hydroxylation is 3. The van der Waals surface area contributed by atoms with Crippen molar-refractivity contribution < 1.29 is 0 Å². The van der Waals surface area contributed by atoms with Gasteiger partial charge in [0.25, 0.3) is 0 Å². The van der Waals surface area contributed by atoms with Gasteiger partial charge in [0.05, 0.1) is 11.0 Å². The van der Waals surface area contributed by atoms with Gasteiger partial charge in [0, 0.05) is 19.8 Å². The fraction of sp³-hybridized carbons (Fsp3) is 0.300. The van der Waals surface area contributed by atoms with Crippen molar-refractivity contribution >= 4 is 16.7 Å². The molecular weight excluding hydrogens is 176 g/mol. The van der Waals surface area contributed by atoms with E-state index in [1.165, 1.54) is 0 Å². The highest BCUT2D eigenvalue weighted by Crippen LogP contribution is 2.19. The van der Waals surface area contributed by atoms with Crippen LogP contribution in [0.15, 0.2) is 12.1 Å². The van der Waals surface area contributed by atoms with Crippen LogP contribution in [0.5, 0.6) is 0 Å². The summed E-state index contributed by atoms with van der Waals surface area (Å²) in [5.74, 6) is 0. The molecule has 4 nitrogen and oxygen atoms in total. The van der Waals surface area contributed by atoms with Crippen LogP contribution in [0.4, 0.5) is 5.69 Å². The molecule has 0 fully saturated rings. The van der Waals surface area contributed by atoms with Crippen molar-refractivity contribution in [3.05, 3.63) is 23.3 Å². The first-order valence-electron chi connectivity index (χ1n) is 4.48. The molecule has 2 rings (SSSR count). The molecule has 0 atom stereocenters. The molecule has 14 heavy (non-hydrogen) atoms. The van der Waals surface area contributed by atoms with E-state index >= 15 is 0 Å². The van der Waals surface area contributed by atoms with Gasteiger partial charge in [0.2, 0.25) is 5.62 Å². The zero-order valence-electron chi connectivity index (χ0n) is 8.63. The van der Waals surface area contributed by atoms with Crippen molar-refractivity contribution in [3.8, 4) is 0 Å². The molecule has 0 aliphatic rings. The Morgan fingerprint density at radius 3 is 2.21 bits per heavy atom. The molecule has 4 heteroatoms. The standard InChI is InChI=1S/C10H14N4/c1-6-4-8-9(5-7(6)11)14(3)10(12)13(8)2/h4-5,12H,11H2,1-3H3. The minimum absolute atomic E-state index is 0.477. The van der Waals surface area contributed by atoms with Crippen molar-refractivity contribution in [1.29, 1.82) is 5.41 Å². The summed E-state index contributed by atoms with van der Waals surface area (Å²) in [6.07, 6.45) is 0. The Morgan fingerprint density at radius 2 is 1.64 bits per heavy atom. The third-order valence-corrected chi connectivity index (χ3v) is 2.72. The van der Waals surface area contributed by atoms with E-state index in [-0.39, 0.29) is 0 Å². The number of rotatable bonds is 0. The summed E-state index contributed by atoms with van der Waals surface area (Å²) in [5.41, 5.74) is 10.2. The average molecular weight is 190 g/mol. The first-order valence-corrected chi connectivity index (χ1v) is 4.48. The predicted molar refractivity (Wildman–Crippen MR) is 56.9 cm³/mol. The van der Waals surface area contributed by atoms with Crippen LogP contribution in [0, 0.1) is 12.3 Å². The van der Waals surface area contributed by atoms with Gasteiger partial charge in [-0.1, -0.05) is 0 Å². The summed E-state index contributed by atoms with van der Waals surface area (Å²) in [4.78, 5) is 0. The van der Waals surface area contributed by atoms with E-state index in [4.69, 9.17) is 11.1 Å². The number of nitrogen functional groups attached to an aromatic ring is 1. The molecule has 0 saturated heterocycles. The maximum absolute atomic E-state index is 7.80. The molecule has 0 bridgehead atoms. The van der Waals surface area contributed by atoms with Gasteiger partial charge in [-0.2, -0.15) is 0 Å². The summed E-state index contributed by atoms with van der Waals surface area (Å²) in [7, 11) is 3.76. The monoisotopic (exact) mass is 190 g/mol. The number of nitrogens with two attached hydrogens (primary N) is 1. The van der Waals surface area contributed by atoms with E-state index in [2.05, 4.69) is 0 Å². The first-order chi connectivity index (χ1) is 6.52. The number of nitrogens with one attached hydrogen (secondary N) is 1. The molecule has 2 aromatic rings. The Morgan fingerprint density at radius 1 is 1.14 bits per heavy atom. The van der Waals surface area contributed by atoms with Crippen LogP contribution in [0.2, 0.25) is 0 Å². The molecule has 1 aromatic carbocycles. The third kappa shape index (κ3) is 0.968. The largest absolute Gasteiger partial charge is 0.398 e. The molecule has 0 aliphatic heterocycles. The van der Waals surface area contributed by atoms with Crippen LogP contribution in [-0.2, 0) is 14.1 Å².